The van der Waals surface area contributed by atoms with Gasteiger partial charge in [0, 0.05) is 38.1 Å². The van der Waals surface area contributed by atoms with Gasteiger partial charge in [0.25, 0.3) is 0 Å². The van der Waals surface area contributed by atoms with Crippen LogP contribution in [0.4, 0.5) is 0 Å². The van der Waals surface area contributed by atoms with Crippen LogP contribution in [-0.2, 0) is 14.4 Å². The molecule has 2 saturated heterocycles. The van der Waals surface area contributed by atoms with Gasteiger partial charge in [0.2, 0.25) is 17.7 Å². The molecule has 0 aromatic heterocycles. The minimum absolute atomic E-state index is 0.0733. The highest BCUT2D eigenvalue weighted by Gasteiger charge is 2.45. The summed E-state index contributed by atoms with van der Waals surface area (Å²) in [7, 11) is 1.89. The number of fused-ring (bicyclic) bond motifs is 1. The zero-order chi connectivity index (χ0) is 28.6. The number of likely N-dealkylation sites (N-methyl/N-ethyl adjacent to an activating group) is 1. The molecule has 8 heteroatoms. The largest absolute Gasteiger partial charge is 0.343 e. The molecular formula is C32H45N5O3. The average molecular weight is 548 g/mol. The third-order valence-electron chi connectivity index (χ3n) is 8.14. The lowest BCUT2D eigenvalue weighted by molar-refractivity contribution is -0.145. The van der Waals surface area contributed by atoms with E-state index in [0.717, 1.165) is 17.5 Å². The normalized spacial score (nSPS) is 22.1. The first-order valence-corrected chi connectivity index (χ1v) is 14.7. The van der Waals surface area contributed by atoms with Gasteiger partial charge in [-0.15, -0.1) is 0 Å². The quantitative estimate of drug-likeness (QED) is 0.425. The van der Waals surface area contributed by atoms with E-state index < -0.39 is 12.1 Å². The summed E-state index contributed by atoms with van der Waals surface area (Å²) >= 11 is 0. The second kappa shape index (κ2) is 13.9. The number of amides is 3. The topological polar surface area (TPSA) is 93.8 Å². The molecule has 3 amide bonds. The van der Waals surface area contributed by atoms with E-state index >= 15 is 0 Å². The van der Waals surface area contributed by atoms with Crippen molar-refractivity contribution in [3.63, 3.8) is 0 Å². The molecule has 3 N–H and O–H groups in total. The smallest absolute Gasteiger partial charge is 0.243 e. The van der Waals surface area contributed by atoms with E-state index in [1.54, 1.807) is 0 Å². The molecular weight excluding hydrogens is 502 g/mol. The van der Waals surface area contributed by atoms with E-state index in [2.05, 4.69) is 16.0 Å². The summed E-state index contributed by atoms with van der Waals surface area (Å²) in [5.74, 6) is 0.112. The third-order valence-corrected chi connectivity index (χ3v) is 8.14. The van der Waals surface area contributed by atoms with Crippen molar-refractivity contribution >= 4 is 17.7 Å². The number of hydrogen-bond acceptors (Lipinski definition) is 5. The van der Waals surface area contributed by atoms with E-state index in [0.29, 0.717) is 38.9 Å². The molecule has 0 radical (unpaired) electrons. The van der Waals surface area contributed by atoms with Gasteiger partial charge in [0.15, 0.2) is 0 Å². The predicted molar refractivity (Wildman–Crippen MR) is 157 cm³/mol. The molecule has 0 spiro atoms. The van der Waals surface area contributed by atoms with E-state index in [-0.39, 0.29) is 41.8 Å². The summed E-state index contributed by atoms with van der Waals surface area (Å²) in [5, 5.41) is 9.89. The second-order valence-electron chi connectivity index (χ2n) is 11.6. The van der Waals surface area contributed by atoms with Crippen LogP contribution in [0.25, 0.3) is 0 Å². The Hall–Kier alpha value is -3.23. The molecule has 2 aliphatic rings. The number of benzene rings is 2. The summed E-state index contributed by atoms with van der Waals surface area (Å²) in [4.78, 5) is 44.8. The molecule has 216 valence electrons. The van der Waals surface area contributed by atoms with Gasteiger partial charge < -0.3 is 25.8 Å². The Morgan fingerprint density at radius 1 is 0.925 bits per heavy atom. The van der Waals surface area contributed by atoms with Gasteiger partial charge >= 0.3 is 0 Å². The van der Waals surface area contributed by atoms with Crippen molar-refractivity contribution in [2.24, 2.45) is 5.92 Å². The van der Waals surface area contributed by atoms with Crippen molar-refractivity contribution in [3.05, 3.63) is 71.8 Å². The molecule has 2 aliphatic heterocycles. The zero-order valence-corrected chi connectivity index (χ0v) is 24.3. The van der Waals surface area contributed by atoms with Gasteiger partial charge in [0.1, 0.15) is 12.1 Å². The minimum atomic E-state index is -0.567. The van der Waals surface area contributed by atoms with Crippen molar-refractivity contribution in [3.8, 4) is 0 Å². The standard InChI is InChI=1S/C32H45N5O3/c1-22(2)19-29(38)36-18-17-26-15-16-28(37(26)32(40)27(21-36)34-20-23(3)33-4)31(39)35-30(24-11-7-5-8-12-24)25-13-9-6-10-14-25/h5-14,22-23,26-28,30,33-34H,15-21H2,1-4H3,(H,35,39)/t23-,26+,27-,28-/m0/s1. The summed E-state index contributed by atoms with van der Waals surface area (Å²) < 4.78 is 0. The first-order valence-electron chi connectivity index (χ1n) is 14.7. The zero-order valence-electron chi connectivity index (χ0n) is 24.3. The van der Waals surface area contributed by atoms with Gasteiger partial charge in [0.05, 0.1) is 6.04 Å². The Kier molecular flexibility index (Phi) is 10.3. The number of nitrogens with one attached hydrogen (secondary N) is 3. The van der Waals surface area contributed by atoms with Crippen LogP contribution in [0.15, 0.2) is 60.7 Å². The first-order chi connectivity index (χ1) is 19.3. The van der Waals surface area contributed by atoms with Crippen molar-refractivity contribution in [1.82, 2.24) is 25.8 Å². The van der Waals surface area contributed by atoms with Gasteiger partial charge in [-0.1, -0.05) is 74.5 Å². The van der Waals surface area contributed by atoms with Crippen LogP contribution in [0.1, 0.15) is 63.6 Å². The fraction of sp³-hybridized carbons (Fsp3) is 0.531. The number of carbonyl (C=O) groups excluding carboxylic acids is 3. The van der Waals surface area contributed by atoms with Crippen molar-refractivity contribution < 1.29 is 14.4 Å². The number of carbonyl (C=O) groups is 3. The molecule has 0 saturated carbocycles. The number of nitrogens with zero attached hydrogens (tertiary/aromatic N) is 2. The summed E-state index contributed by atoms with van der Waals surface area (Å²) in [5.41, 5.74) is 1.99. The SMILES string of the molecule is CN[C@@H](C)CN[C@H]1CN(C(=O)CC(C)C)CC[C@H]2CC[C@@H](C(=O)NC(c3ccccc3)c3ccccc3)N2C1=O. The molecule has 2 heterocycles. The van der Waals surface area contributed by atoms with Crippen LogP contribution in [0.3, 0.4) is 0 Å². The molecule has 0 bridgehead atoms. The summed E-state index contributed by atoms with van der Waals surface area (Å²) in [6.07, 6.45) is 2.50. The van der Waals surface area contributed by atoms with Crippen molar-refractivity contribution in [2.45, 2.75) is 76.7 Å². The van der Waals surface area contributed by atoms with Crippen molar-refractivity contribution in [1.29, 1.82) is 0 Å². The van der Waals surface area contributed by atoms with Gasteiger partial charge in [-0.05, 0) is 50.3 Å². The monoisotopic (exact) mass is 547 g/mol. The Morgan fingerprint density at radius 2 is 1.55 bits per heavy atom. The first kappa shape index (κ1) is 29.7. The van der Waals surface area contributed by atoms with E-state index in [9.17, 15) is 14.4 Å². The van der Waals surface area contributed by atoms with Crippen LogP contribution in [0, 0.1) is 5.92 Å². The summed E-state index contributed by atoms with van der Waals surface area (Å²) in [6, 6.07) is 18.5. The van der Waals surface area contributed by atoms with Gasteiger partial charge in [-0.2, -0.15) is 0 Å². The molecule has 8 nitrogen and oxygen atoms in total. The maximum atomic E-state index is 14.1. The maximum absolute atomic E-state index is 14.1. The Morgan fingerprint density at radius 3 is 2.12 bits per heavy atom. The van der Waals surface area contributed by atoms with Crippen LogP contribution in [0.2, 0.25) is 0 Å². The maximum Gasteiger partial charge on any atom is 0.243 e. The van der Waals surface area contributed by atoms with Crippen LogP contribution < -0.4 is 16.0 Å². The molecule has 0 unspecified atom stereocenters. The van der Waals surface area contributed by atoms with Crippen LogP contribution >= 0.6 is 0 Å². The average Bonchev–Trinajstić information content (AvgIpc) is 3.38. The van der Waals surface area contributed by atoms with Crippen LogP contribution in [-0.4, -0.2) is 78.4 Å². The van der Waals surface area contributed by atoms with Crippen molar-refractivity contribution in [2.75, 3.05) is 26.7 Å². The molecule has 0 aliphatic carbocycles. The molecule has 2 aromatic rings. The fourth-order valence-electron chi connectivity index (χ4n) is 5.80. The highest BCUT2D eigenvalue weighted by molar-refractivity contribution is 5.91. The fourth-order valence-corrected chi connectivity index (χ4v) is 5.80. The number of hydrogen-bond donors (Lipinski definition) is 3. The van der Waals surface area contributed by atoms with Crippen LogP contribution in [0.5, 0.6) is 0 Å². The molecule has 2 fully saturated rings. The van der Waals surface area contributed by atoms with Gasteiger partial charge in [-0.25, -0.2) is 0 Å². The summed E-state index contributed by atoms with van der Waals surface area (Å²) in [6.45, 7) is 7.61. The Labute approximate surface area is 238 Å². The minimum Gasteiger partial charge on any atom is -0.343 e. The molecule has 2 aromatic carbocycles. The van der Waals surface area contributed by atoms with E-state index in [1.165, 1.54) is 0 Å². The highest BCUT2D eigenvalue weighted by Crippen LogP contribution is 2.31. The Balaban J connectivity index is 1.57. The molecule has 4 atom stereocenters. The van der Waals surface area contributed by atoms with E-state index in [1.807, 2.05) is 98.3 Å². The highest BCUT2D eigenvalue weighted by atomic mass is 16.2. The lowest BCUT2D eigenvalue weighted by Gasteiger charge is -2.39. The second-order valence-corrected chi connectivity index (χ2v) is 11.6. The molecule has 40 heavy (non-hydrogen) atoms. The molecule has 4 rings (SSSR count). The lowest BCUT2D eigenvalue weighted by Crippen LogP contribution is -2.61. The predicted octanol–water partition coefficient (Wildman–Crippen LogP) is 3.10. The lowest BCUT2D eigenvalue weighted by atomic mass is 9.98. The van der Waals surface area contributed by atoms with E-state index in [4.69, 9.17) is 0 Å². The third kappa shape index (κ3) is 7.29. The van der Waals surface area contributed by atoms with Gasteiger partial charge in [-0.3, -0.25) is 14.4 Å². The number of rotatable bonds is 10. The Bertz CT molecular complexity index is 1090.